The van der Waals surface area contributed by atoms with Crippen LogP contribution in [0.2, 0.25) is 0 Å². The topological polar surface area (TPSA) is 81.5 Å². The second-order valence-electron chi connectivity index (χ2n) is 4.87. The summed E-state index contributed by atoms with van der Waals surface area (Å²) in [4.78, 5) is 22.5. The molecule has 0 spiro atoms. The molecule has 1 amide bonds. The summed E-state index contributed by atoms with van der Waals surface area (Å²) in [6.07, 6.45) is -4.64. The van der Waals surface area contributed by atoms with E-state index in [2.05, 4.69) is 5.32 Å². The van der Waals surface area contributed by atoms with E-state index in [1.807, 2.05) is 0 Å². The summed E-state index contributed by atoms with van der Waals surface area (Å²) in [6.45, 7) is 1.82. The van der Waals surface area contributed by atoms with Crippen molar-refractivity contribution in [3.05, 3.63) is 63.7 Å². The van der Waals surface area contributed by atoms with Gasteiger partial charge in [0.1, 0.15) is 0 Å². The number of nitrogens with one attached hydrogen (secondary N) is 1. The first-order valence-corrected chi connectivity index (χ1v) is 7.13. The van der Waals surface area contributed by atoms with Gasteiger partial charge in [0.25, 0.3) is 5.91 Å². The molecule has 0 aliphatic carbocycles. The normalized spacial score (nSPS) is 11.0. The Morgan fingerprint density at radius 1 is 1.24 bits per heavy atom. The van der Waals surface area contributed by atoms with E-state index in [0.717, 1.165) is 18.2 Å². The number of ether oxygens (including phenoxy) is 1. The van der Waals surface area contributed by atoms with Crippen molar-refractivity contribution >= 4 is 17.3 Å². The van der Waals surface area contributed by atoms with Crippen molar-refractivity contribution in [3.8, 4) is 5.75 Å². The van der Waals surface area contributed by atoms with Gasteiger partial charge in [-0.1, -0.05) is 12.1 Å². The molecule has 2 rings (SSSR count). The molecule has 0 aliphatic heterocycles. The number of hydrogen-bond donors (Lipinski definition) is 1. The highest BCUT2D eigenvalue weighted by molar-refractivity contribution is 6.05. The molecule has 0 aromatic heterocycles. The molecule has 0 saturated carbocycles. The maximum absolute atomic E-state index is 13.0. The number of amides is 1. The van der Waals surface area contributed by atoms with Crippen molar-refractivity contribution in [3.63, 3.8) is 0 Å². The van der Waals surface area contributed by atoms with Gasteiger partial charge >= 0.3 is 11.9 Å². The third-order valence-corrected chi connectivity index (χ3v) is 3.20. The van der Waals surface area contributed by atoms with Crippen LogP contribution in [-0.2, 0) is 6.18 Å². The summed E-state index contributed by atoms with van der Waals surface area (Å²) < 4.78 is 43.9. The first kappa shape index (κ1) is 18.2. The Morgan fingerprint density at radius 3 is 2.52 bits per heavy atom. The molecule has 0 unspecified atom stereocenters. The average molecular weight is 354 g/mol. The standard InChI is InChI=1S/C16H13F3N2O4/c1-2-25-14-8-7-10(9-13(14)21(23)24)15(22)20-12-6-4-3-5-11(12)16(17,18)19/h3-9H,2H2,1H3,(H,20,22). The molecule has 0 radical (unpaired) electrons. The van der Waals surface area contributed by atoms with Gasteiger partial charge in [-0.25, -0.2) is 0 Å². The summed E-state index contributed by atoms with van der Waals surface area (Å²) in [5.41, 5.74) is -2.05. The quantitative estimate of drug-likeness (QED) is 0.642. The van der Waals surface area contributed by atoms with E-state index in [1.54, 1.807) is 6.92 Å². The molecule has 0 heterocycles. The van der Waals surface area contributed by atoms with Gasteiger partial charge < -0.3 is 10.1 Å². The number of rotatable bonds is 5. The van der Waals surface area contributed by atoms with Crippen LogP contribution in [0.15, 0.2) is 42.5 Å². The predicted molar refractivity (Wildman–Crippen MR) is 83.7 cm³/mol. The number of hydrogen-bond acceptors (Lipinski definition) is 4. The molecule has 6 nitrogen and oxygen atoms in total. The highest BCUT2D eigenvalue weighted by atomic mass is 19.4. The molecule has 0 fully saturated rings. The van der Waals surface area contributed by atoms with E-state index in [0.29, 0.717) is 0 Å². The summed E-state index contributed by atoms with van der Waals surface area (Å²) in [6, 6.07) is 7.89. The summed E-state index contributed by atoms with van der Waals surface area (Å²) in [5, 5.41) is 13.2. The number of nitro benzene ring substituents is 1. The number of nitrogens with zero attached hydrogens (tertiary/aromatic N) is 1. The van der Waals surface area contributed by atoms with Gasteiger partial charge in [-0.15, -0.1) is 0 Å². The number of benzene rings is 2. The Hall–Kier alpha value is -3.10. The van der Waals surface area contributed by atoms with E-state index < -0.39 is 33.9 Å². The number of carbonyl (C=O) groups excluding carboxylic acids is 1. The number of nitro groups is 1. The number of halogens is 3. The van der Waals surface area contributed by atoms with Gasteiger partial charge in [0.2, 0.25) is 0 Å². The van der Waals surface area contributed by atoms with Crippen molar-refractivity contribution in [1.29, 1.82) is 0 Å². The van der Waals surface area contributed by atoms with Crippen molar-refractivity contribution in [1.82, 2.24) is 0 Å². The molecule has 25 heavy (non-hydrogen) atoms. The fraction of sp³-hybridized carbons (Fsp3) is 0.188. The molecule has 0 saturated heterocycles. The largest absolute Gasteiger partial charge is 0.487 e. The van der Waals surface area contributed by atoms with Crippen LogP contribution in [-0.4, -0.2) is 17.4 Å². The van der Waals surface area contributed by atoms with Gasteiger partial charge in [0.15, 0.2) is 5.75 Å². The van der Waals surface area contributed by atoms with Crippen LogP contribution in [0.25, 0.3) is 0 Å². The lowest BCUT2D eigenvalue weighted by atomic mass is 10.1. The highest BCUT2D eigenvalue weighted by Crippen LogP contribution is 2.35. The van der Waals surface area contributed by atoms with Crippen LogP contribution in [0.1, 0.15) is 22.8 Å². The van der Waals surface area contributed by atoms with Crippen LogP contribution in [0, 0.1) is 10.1 Å². The molecular weight excluding hydrogens is 341 g/mol. The Bertz CT molecular complexity index is 806. The number of anilines is 1. The molecule has 2 aromatic rings. The monoisotopic (exact) mass is 354 g/mol. The SMILES string of the molecule is CCOc1ccc(C(=O)Nc2ccccc2C(F)(F)F)cc1[N+](=O)[O-]. The Balaban J connectivity index is 2.34. The molecule has 0 aliphatic rings. The van der Waals surface area contributed by atoms with Crippen molar-refractivity contribution < 1.29 is 27.6 Å². The first-order chi connectivity index (χ1) is 11.7. The third kappa shape index (κ3) is 4.25. The summed E-state index contributed by atoms with van der Waals surface area (Å²) in [7, 11) is 0. The van der Waals surface area contributed by atoms with E-state index in [4.69, 9.17) is 4.74 Å². The van der Waals surface area contributed by atoms with E-state index in [1.165, 1.54) is 24.3 Å². The molecule has 0 atom stereocenters. The maximum Gasteiger partial charge on any atom is 0.418 e. The summed E-state index contributed by atoms with van der Waals surface area (Å²) >= 11 is 0. The highest BCUT2D eigenvalue weighted by Gasteiger charge is 2.33. The van der Waals surface area contributed by atoms with Crippen molar-refractivity contribution in [2.45, 2.75) is 13.1 Å². The minimum absolute atomic E-state index is 0.0280. The second-order valence-corrected chi connectivity index (χ2v) is 4.87. The van der Waals surface area contributed by atoms with Crippen LogP contribution in [0.3, 0.4) is 0 Å². The summed E-state index contributed by atoms with van der Waals surface area (Å²) in [5.74, 6) is -0.928. The van der Waals surface area contributed by atoms with Crippen LogP contribution < -0.4 is 10.1 Å². The second kappa shape index (κ2) is 7.20. The van der Waals surface area contributed by atoms with Gasteiger partial charge in [0.05, 0.1) is 22.8 Å². The molecule has 1 N–H and O–H groups in total. The average Bonchev–Trinajstić information content (AvgIpc) is 2.54. The minimum Gasteiger partial charge on any atom is -0.487 e. The smallest absolute Gasteiger partial charge is 0.418 e. The third-order valence-electron chi connectivity index (χ3n) is 3.20. The van der Waals surface area contributed by atoms with E-state index in [-0.39, 0.29) is 17.9 Å². The maximum atomic E-state index is 13.0. The zero-order chi connectivity index (χ0) is 18.6. The minimum atomic E-state index is -4.64. The number of alkyl halides is 3. The van der Waals surface area contributed by atoms with Gasteiger partial charge in [-0.3, -0.25) is 14.9 Å². The Labute approximate surface area is 140 Å². The number of para-hydroxylation sites is 1. The molecule has 2 aromatic carbocycles. The lowest BCUT2D eigenvalue weighted by Crippen LogP contribution is -2.16. The van der Waals surface area contributed by atoms with E-state index >= 15 is 0 Å². The zero-order valence-corrected chi connectivity index (χ0v) is 13.0. The molecule has 132 valence electrons. The van der Waals surface area contributed by atoms with E-state index in [9.17, 15) is 28.1 Å². The Kier molecular flexibility index (Phi) is 5.26. The lowest BCUT2D eigenvalue weighted by Gasteiger charge is -2.13. The van der Waals surface area contributed by atoms with Crippen molar-refractivity contribution in [2.24, 2.45) is 0 Å². The lowest BCUT2D eigenvalue weighted by molar-refractivity contribution is -0.385. The van der Waals surface area contributed by atoms with Crippen molar-refractivity contribution in [2.75, 3.05) is 11.9 Å². The molecular formula is C16H13F3N2O4. The zero-order valence-electron chi connectivity index (χ0n) is 13.0. The van der Waals surface area contributed by atoms with Crippen LogP contribution in [0.5, 0.6) is 5.75 Å². The fourth-order valence-corrected chi connectivity index (χ4v) is 2.11. The van der Waals surface area contributed by atoms with Crippen LogP contribution in [0.4, 0.5) is 24.5 Å². The van der Waals surface area contributed by atoms with Gasteiger partial charge in [0, 0.05) is 11.6 Å². The fourth-order valence-electron chi connectivity index (χ4n) is 2.11. The Morgan fingerprint density at radius 2 is 1.92 bits per heavy atom. The van der Waals surface area contributed by atoms with Gasteiger partial charge in [-0.05, 0) is 31.2 Å². The number of carbonyl (C=O) groups is 1. The molecule has 0 bridgehead atoms. The van der Waals surface area contributed by atoms with Gasteiger partial charge in [-0.2, -0.15) is 13.2 Å². The molecule has 9 heteroatoms. The van der Waals surface area contributed by atoms with Crippen LogP contribution >= 0.6 is 0 Å². The first-order valence-electron chi connectivity index (χ1n) is 7.13. The predicted octanol–water partition coefficient (Wildman–Crippen LogP) is 4.26.